The van der Waals surface area contributed by atoms with Crippen LogP contribution in [-0.2, 0) is 17.2 Å². The molecule has 0 saturated carbocycles. The molecule has 0 radical (unpaired) electrons. The van der Waals surface area contributed by atoms with E-state index in [1.54, 1.807) is 12.4 Å². The van der Waals surface area contributed by atoms with Crippen molar-refractivity contribution in [2.45, 2.75) is 12.4 Å². The highest BCUT2D eigenvalue weighted by atomic mass is 35.5. The second-order valence-corrected chi connectivity index (χ2v) is 4.86. The molecule has 0 saturated heterocycles. The first kappa shape index (κ1) is 14.2. The van der Waals surface area contributed by atoms with Crippen LogP contribution in [0.3, 0.4) is 0 Å². The summed E-state index contributed by atoms with van der Waals surface area (Å²) in [6, 6.07) is 1.96. The summed E-state index contributed by atoms with van der Waals surface area (Å²) in [5.41, 5.74) is 1.94. The molecule has 2 heterocycles. The number of pyridine rings is 1. The van der Waals surface area contributed by atoms with Crippen molar-refractivity contribution in [1.82, 2.24) is 19.4 Å². The van der Waals surface area contributed by atoms with Crippen LogP contribution < -0.4 is 0 Å². The Labute approximate surface area is 118 Å². The molecular formula is C13H19ClN4O. The Bertz CT molecular complexity index is 526. The van der Waals surface area contributed by atoms with E-state index in [-0.39, 0.29) is 0 Å². The van der Waals surface area contributed by atoms with Gasteiger partial charge in [0.25, 0.3) is 0 Å². The van der Waals surface area contributed by atoms with E-state index in [1.165, 1.54) is 0 Å². The normalized spacial score (nSPS) is 11.6. The number of nitrogens with zero attached hydrogens (tertiary/aromatic N) is 4. The average molecular weight is 283 g/mol. The molecule has 0 spiro atoms. The van der Waals surface area contributed by atoms with E-state index in [9.17, 15) is 0 Å². The van der Waals surface area contributed by atoms with Gasteiger partial charge in [-0.3, -0.25) is 4.98 Å². The maximum Gasteiger partial charge on any atom is 0.124 e. The number of ether oxygens (including phenoxy) is 1. The van der Waals surface area contributed by atoms with Crippen LogP contribution in [-0.4, -0.2) is 53.3 Å². The highest BCUT2D eigenvalue weighted by Crippen LogP contribution is 2.16. The molecule has 0 bridgehead atoms. The van der Waals surface area contributed by atoms with E-state index in [2.05, 4.69) is 19.4 Å². The molecule has 0 N–H and O–H groups in total. The maximum absolute atomic E-state index is 5.93. The lowest BCUT2D eigenvalue weighted by Gasteiger charge is -2.11. The molecule has 2 rings (SSSR count). The Kier molecular flexibility index (Phi) is 5.13. The lowest BCUT2D eigenvalue weighted by molar-refractivity contribution is 0.111. The summed E-state index contributed by atoms with van der Waals surface area (Å²) in [4.78, 5) is 10.6. The van der Waals surface area contributed by atoms with E-state index < -0.39 is 0 Å². The predicted octanol–water partition coefficient (Wildman–Crippen LogP) is 1.75. The number of alkyl halides is 1. The molecule has 104 valence electrons. The summed E-state index contributed by atoms with van der Waals surface area (Å²) in [6.07, 6.45) is 3.53. The van der Waals surface area contributed by atoms with E-state index in [1.807, 2.05) is 20.2 Å². The van der Waals surface area contributed by atoms with E-state index in [4.69, 9.17) is 16.3 Å². The van der Waals surface area contributed by atoms with Gasteiger partial charge in [0.15, 0.2) is 0 Å². The monoisotopic (exact) mass is 282 g/mol. The van der Waals surface area contributed by atoms with E-state index in [0.29, 0.717) is 12.5 Å². The average Bonchev–Trinajstić information content (AvgIpc) is 2.76. The van der Waals surface area contributed by atoms with Crippen molar-refractivity contribution >= 4 is 22.6 Å². The molecule has 0 amide bonds. The van der Waals surface area contributed by atoms with Crippen LogP contribution >= 0.6 is 11.6 Å². The summed E-state index contributed by atoms with van der Waals surface area (Å²) in [6.45, 7) is 3.08. The van der Waals surface area contributed by atoms with Gasteiger partial charge in [-0.2, -0.15) is 0 Å². The molecule has 2 aromatic rings. The zero-order valence-corrected chi connectivity index (χ0v) is 12.1. The smallest absolute Gasteiger partial charge is 0.124 e. The second kappa shape index (κ2) is 6.84. The van der Waals surface area contributed by atoms with Crippen molar-refractivity contribution in [2.24, 2.45) is 0 Å². The third kappa shape index (κ3) is 3.65. The van der Waals surface area contributed by atoms with E-state index >= 15 is 0 Å². The fraction of sp³-hybridized carbons (Fsp3) is 0.538. The van der Waals surface area contributed by atoms with Gasteiger partial charge < -0.3 is 14.2 Å². The van der Waals surface area contributed by atoms with Crippen molar-refractivity contribution in [3.8, 4) is 0 Å². The van der Waals surface area contributed by atoms with Gasteiger partial charge in [-0.05, 0) is 20.2 Å². The second-order valence-electron chi connectivity index (χ2n) is 4.59. The molecule has 0 aromatic carbocycles. The molecule has 5 nitrogen and oxygen atoms in total. The number of imidazole rings is 1. The van der Waals surface area contributed by atoms with Crippen LogP contribution in [0.1, 0.15) is 5.82 Å². The Morgan fingerprint density at radius 2 is 2.21 bits per heavy atom. The molecule has 0 fully saturated rings. The minimum atomic E-state index is 0.395. The number of rotatable bonds is 7. The first-order valence-corrected chi connectivity index (χ1v) is 6.83. The third-order valence-corrected chi connectivity index (χ3v) is 3.13. The van der Waals surface area contributed by atoms with Crippen molar-refractivity contribution in [3.05, 3.63) is 24.3 Å². The minimum absolute atomic E-state index is 0.395. The fourth-order valence-corrected chi connectivity index (χ4v) is 2.09. The first-order chi connectivity index (χ1) is 9.22. The molecule has 6 heteroatoms. The molecule has 0 aliphatic rings. The zero-order chi connectivity index (χ0) is 13.7. The first-order valence-electron chi connectivity index (χ1n) is 6.30. The predicted molar refractivity (Wildman–Crippen MR) is 76.5 cm³/mol. The van der Waals surface area contributed by atoms with Crippen molar-refractivity contribution < 1.29 is 4.74 Å². The summed E-state index contributed by atoms with van der Waals surface area (Å²) in [5.74, 6) is 1.26. The quantitative estimate of drug-likeness (QED) is 0.573. The van der Waals surface area contributed by atoms with Crippen molar-refractivity contribution in [2.75, 3.05) is 33.9 Å². The molecule has 0 atom stereocenters. The van der Waals surface area contributed by atoms with Gasteiger partial charge in [-0.1, -0.05) is 0 Å². The van der Waals surface area contributed by atoms with Crippen LogP contribution in [0.25, 0.3) is 11.0 Å². The Balaban J connectivity index is 1.99. The van der Waals surface area contributed by atoms with Gasteiger partial charge in [-0.25, -0.2) is 4.98 Å². The van der Waals surface area contributed by atoms with Gasteiger partial charge >= 0.3 is 0 Å². The van der Waals surface area contributed by atoms with Gasteiger partial charge in [-0.15, -0.1) is 11.6 Å². The summed E-state index contributed by atoms with van der Waals surface area (Å²) in [7, 11) is 4.07. The Hall–Kier alpha value is -1.17. The molecule has 0 aliphatic carbocycles. The topological polar surface area (TPSA) is 43.2 Å². The Morgan fingerprint density at radius 3 is 2.95 bits per heavy atom. The SMILES string of the molecule is CN(C)CCOCCn1c(CCl)nc2cnccc21. The Morgan fingerprint density at radius 1 is 1.37 bits per heavy atom. The van der Waals surface area contributed by atoms with Crippen LogP contribution in [0.4, 0.5) is 0 Å². The molecule has 0 aliphatic heterocycles. The lowest BCUT2D eigenvalue weighted by atomic mass is 10.4. The minimum Gasteiger partial charge on any atom is -0.378 e. The van der Waals surface area contributed by atoms with Gasteiger partial charge in [0.1, 0.15) is 11.3 Å². The van der Waals surface area contributed by atoms with Crippen LogP contribution in [0, 0.1) is 0 Å². The number of halogens is 1. The van der Waals surface area contributed by atoms with Crippen LogP contribution in [0.2, 0.25) is 0 Å². The number of hydrogen-bond donors (Lipinski definition) is 0. The van der Waals surface area contributed by atoms with Crippen LogP contribution in [0.15, 0.2) is 18.5 Å². The maximum atomic E-state index is 5.93. The number of aromatic nitrogens is 3. The standard InChI is InChI=1S/C13H19ClN4O/c1-17(2)5-7-19-8-6-18-12-3-4-15-10-11(12)16-13(18)9-14/h3-4,10H,5-9H2,1-2H3. The highest BCUT2D eigenvalue weighted by Gasteiger charge is 2.09. The van der Waals surface area contributed by atoms with E-state index in [0.717, 1.165) is 36.6 Å². The fourth-order valence-electron chi connectivity index (χ4n) is 1.89. The molecule has 0 unspecified atom stereocenters. The summed E-state index contributed by atoms with van der Waals surface area (Å²) < 4.78 is 7.71. The highest BCUT2D eigenvalue weighted by molar-refractivity contribution is 6.16. The number of likely N-dealkylation sites (N-methyl/N-ethyl adjacent to an activating group) is 1. The van der Waals surface area contributed by atoms with Gasteiger partial charge in [0.05, 0.1) is 30.8 Å². The van der Waals surface area contributed by atoms with Crippen molar-refractivity contribution in [3.63, 3.8) is 0 Å². The summed E-state index contributed by atoms with van der Waals surface area (Å²) in [5, 5.41) is 0. The van der Waals surface area contributed by atoms with Crippen LogP contribution in [0.5, 0.6) is 0 Å². The number of fused-ring (bicyclic) bond motifs is 1. The largest absolute Gasteiger partial charge is 0.378 e. The van der Waals surface area contributed by atoms with Gasteiger partial charge in [0, 0.05) is 19.3 Å². The summed E-state index contributed by atoms with van der Waals surface area (Å²) >= 11 is 5.93. The molecular weight excluding hydrogens is 264 g/mol. The van der Waals surface area contributed by atoms with Gasteiger partial charge in [0.2, 0.25) is 0 Å². The zero-order valence-electron chi connectivity index (χ0n) is 11.3. The number of hydrogen-bond acceptors (Lipinski definition) is 4. The molecule has 2 aromatic heterocycles. The third-order valence-electron chi connectivity index (χ3n) is 2.89. The van der Waals surface area contributed by atoms with Crippen molar-refractivity contribution in [1.29, 1.82) is 0 Å². The lowest BCUT2D eigenvalue weighted by Crippen LogP contribution is -2.19. The molecule has 19 heavy (non-hydrogen) atoms.